The molecule has 0 amide bonds. The number of anilines is 1. The van der Waals surface area contributed by atoms with E-state index in [0.29, 0.717) is 0 Å². The van der Waals surface area contributed by atoms with E-state index < -0.39 is 0 Å². The second-order valence-electron chi connectivity index (χ2n) is 6.44. The van der Waals surface area contributed by atoms with Crippen molar-refractivity contribution in [1.82, 2.24) is 4.98 Å². The Labute approximate surface area is 153 Å². The first-order valence-electron chi connectivity index (χ1n) is 8.99. The van der Waals surface area contributed by atoms with Gasteiger partial charge in [0.1, 0.15) is 0 Å². The first-order valence-corrected chi connectivity index (χ1v) is 10.1. The summed E-state index contributed by atoms with van der Waals surface area (Å²) in [7, 11) is 0. The Morgan fingerprint density at radius 2 is 2.00 bits per heavy atom. The van der Waals surface area contributed by atoms with Crippen LogP contribution in [0.5, 0.6) is 0 Å². The Balaban J connectivity index is 1.63. The summed E-state index contributed by atoms with van der Waals surface area (Å²) in [5.74, 6) is 2.45. The van der Waals surface area contributed by atoms with Crippen LogP contribution in [0.2, 0.25) is 0 Å². The monoisotopic (exact) mass is 349 g/mol. The molecule has 25 heavy (non-hydrogen) atoms. The Hall–Kier alpha value is -2.07. The number of hydrogen-bond donors (Lipinski definition) is 0. The molecule has 0 atom stereocenters. The van der Waals surface area contributed by atoms with Crippen LogP contribution in [-0.2, 0) is 0 Å². The van der Waals surface area contributed by atoms with Crippen molar-refractivity contribution < 1.29 is 0 Å². The lowest BCUT2D eigenvalue weighted by molar-refractivity contribution is 0.818. The van der Waals surface area contributed by atoms with Crippen LogP contribution in [0.4, 0.5) is 5.69 Å². The molecule has 128 valence electrons. The molecule has 1 aromatic heterocycles. The van der Waals surface area contributed by atoms with E-state index in [-0.39, 0.29) is 0 Å². The van der Waals surface area contributed by atoms with Gasteiger partial charge in [0.15, 0.2) is 0 Å². The predicted octanol–water partition coefficient (Wildman–Crippen LogP) is 4.30. The number of thioether (sulfide) groups is 1. The second kappa shape index (κ2) is 7.87. The van der Waals surface area contributed by atoms with E-state index >= 15 is 0 Å². The van der Waals surface area contributed by atoms with Gasteiger partial charge in [-0.1, -0.05) is 12.1 Å². The van der Waals surface area contributed by atoms with Crippen LogP contribution in [0, 0.1) is 0 Å². The molecule has 0 N–H and O–H groups in total. The SMILES string of the molecule is C(=C1CCCN=C1c1cccnc1)c1cccc(N2CCSCC2)c1. The van der Waals surface area contributed by atoms with E-state index in [1.165, 1.54) is 28.3 Å². The number of allylic oxidation sites excluding steroid dienone is 1. The second-order valence-corrected chi connectivity index (χ2v) is 7.66. The molecule has 1 fully saturated rings. The van der Waals surface area contributed by atoms with E-state index in [1.807, 2.05) is 30.2 Å². The molecule has 4 rings (SSSR count). The van der Waals surface area contributed by atoms with Crippen molar-refractivity contribution >= 4 is 29.2 Å². The molecular formula is C21H23N3S. The molecule has 0 saturated carbocycles. The van der Waals surface area contributed by atoms with Crippen molar-refractivity contribution in [1.29, 1.82) is 0 Å². The molecule has 0 aliphatic carbocycles. The van der Waals surface area contributed by atoms with E-state index in [9.17, 15) is 0 Å². The van der Waals surface area contributed by atoms with Gasteiger partial charge in [-0.05, 0) is 54.3 Å². The summed E-state index contributed by atoms with van der Waals surface area (Å²) in [5, 5.41) is 0. The number of aliphatic imine (C=N–C) groups is 1. The zero-order valence-corrected chi connectivity index (χ0v) is 15.2. The molecule has 1 saturated heterocycles. The molecule has 1 aromatic carbocycles. The van der Waals surface area contributed by atoms with Gasteiger partial charge in [0.25, 0.3) is 0 Å². The Morgan fingerprint density at radius 3 is 2.84 bits per heavy atom. The normalized spacial score (nSPS) is 19.8. The minimum Gasteiger partial charge on any atom is -0.370 e. The fraction of sp³-hybridized carbons (Fsp3) is 0.333. The van der Waals surface area contributed by atoms with E-state index in [2.05, 4.69) is 46.3 Å². The third kappa shape index (κ3) is 3.96. The van der Waals surface area contributed by atoms with Crippen molar-refractivity contribution in [3.63, 3.8) is 0 Å². The summed E-state index contributed by atoms with van der Waals surface area (Å²) in [6.07, 6.45) is 8.25. The lowest BCUT2D eigenvalue weighted by Gasteiger charge is -2.28. The highest BCUT2D eigenvalue weighted by Crippen LogP contribution is 2.25. The Bertz CT molecular complexity index is 777. The van der Waals surface area contributed by atoms with Gasteiger partial charge < -0.3 is 4.90 Å². The minimum absolute atomic E-state index is 0.910. The third-order valence-corrected chi connectivity index (χ3v) is 5.64. The van der Waals surface area contributed by atoms with E-state index in [1.54, 1.807) is 0 Å². The average Bonchev–Trinajstić information content (AvgIpc) is 2.70. The van der Waals surface area contributed by atoms with Crippen molar-refractivity contribution in [3.8, 4) is 0 Å². The van der Waals surface area contributed by atoms with Crippen LogP contribution in [0.1, 0.15) is 24.0 Å². The number of pyridine rings is 1. The van der Waals surface area contributed by atoms with E-state index in [4.69, 9.17) is 4.99 Å². The van der Waals surface area contributed by atoms with Crippen molar-refractivity contribution in [2.45, 2.75) is 12.8 Å². The van der Waals surface area contributed by atoms with Crippen molar-refractivity contribution in [3.05, 3.63) is 65.5 Å². The van der Waals surface area contributed by atoms with Crippen molar-refractivity contribution in [2.24, 2.45) is 4.99 Å². The standard InChI is InChI=1S/C21H23N3S/c1-4-17(15-20(7-1)24-10-12-25-13-11-24)14-18-5-3-9-23-21(18)19-6-2-8-22-16-19/h1-2,4,6-8,14-16H,3,5,9-13H2. The largest absolute Gasteiger partial charge is 0.370 e. The number of nitrogens with zero attached hydrogens (tertiary/aromatic N) is 3. The number of aromatic nitrogens is 1. The Kier molecular flexibility index (Phi) is 5.17. The number of hydrogen-bond acceptors (Lipinski definition) is 4. The minimum atomic E-state index is 0.910. The van der Waals surface area contributed by atoms with Crippen LogP contribution >= 0.6 is 11.8 Å². The van der Waals surface area contributed by atoms with Gasteiger partial charge in [0.2, 0.25) is 0 Å². The molecule has 0 bridgehead atoms. The summed E-state index contributed by atoms with van der Waals surface area (Å²) >= 11 is 2.05. The van der Waals surface area contributed by atoms with Gasteiger partial charge in [0.05, 0.1) is 5.71 Å². The average molecular weight is 350 g/mol. The molecule has 0 radical (unpaired) electrons. The number of benzene rings is 1. The predicted molar refractivity (Wildman–Crippen MR) is 109 cm³/mol. The summed E-state index contributed by atoms with van der Waals surface area (Å²) < 4.78 is 0. The highest BCUT2D eigenvalue weighted by molar-refractivity contribution is 7.99. The highest BCUT2D eigenvalue weighted by Gasteiger charge is 2.15. The molecule has 0 spiro atoms. The van der Waals surface area contributed by atoms with Crippen LogP contribution in [-0.4, -0.2) is 41.8 Å². The zero-order chi connectivity index (χ0) is 16.9. The lowest BCUT2D eigenvalue weighted by Crippen LogP contribution is -2.32. The van der Waals surface area contributed by atoms with Gasteiger partial charge in [0, 0.05) is 54.8 Å². The summed E-state index contributed by atoms with van der Waals surface area (Å²) in [6.45, 7) is 3.20. The quantitative estimate of drug-likeness (QED) is 0.827. The van der Waals surface area contributed by atoms with Crippen LogP contribution in [0.15, 0.2) is 59.4 Å². The van der Waals surface area contributed by atoms with Gasteiger partial charge in [-0.3, -0.25) is 9.98 Å². The topological polar surface area (TPSA) is 28.5 Å². The lowest BCUT2D eigenvalue weighted by atomic mass is 9.95. The zero-order valence-electron chi connectivity index (χ0n) is 14.4. The molecule has 4 heteroatoms. The van der Waals surface area contributed by atoms with Gasteiger partial charge >= 0.3 is 0 Å². The fourth-order valence-corrected chi connectivity index (χ4v) is 4.34. The summed E-state index contributed by atoms with van der Waals surface area (Å²) in [6, 6.07) is 13.0. The van der Waals surface area contributed by atoms with Gasteiger partial charge in [-0.15, -0.1) is 0 Å². The first-order chi connectivity index (χ1) is 12.4. The molecular weight excluding hydrogens is 326 g/mol. The van der Waals surface area contributed by atoms with Gasteiger partial charge in [-0.25, -0.2) is 0 Å². The van der Waals surface area contributed by atoms with Gasteiger partial charge in [-0.2, -0.15) is 11.8 Å². The molecule has 2 aromatic rings. The summed E-state index contributed by atoms with van der Waals surface area (Å²) in [4.78, 5) is 11.5. The molecule has 2 aliphatic heterocycles. The van der Waals surface area contributed by atoms with E-state index in [0.717, 1.165) is 43.8 Å². The maximum absolute atomic E-state index is 4.78. The smallest absolute Gasteiger partial charge is 0.0694 e. The number of rotatable bonds is 3. The van der Waals surface area contributed by atoms with Crippen molar-refractivity contribution in [2.75, 3.05) is 36.0 Å². The molecule has 3 heterocycles. The highest BCUT2D eigenvalue weighted by atomic mass is 32.2. The van der Waals surface area contributed by atoms with Crippen LogP contribution < -0.4 is 4.90 Å². The first kappa shape index (κ1) is 16.4. The molecule has 3 nitrogen and oxygen atoms in total. The Morgan fingerprint density at radius 1 is 1.08 bits per heavy atom. The summed E-state index contributed by atoms with van der Waals surface area (Å²) in [5.41, 5.74) is 6.16. The molecule has 0 unspecified atom stereocenters. The third-order valence-electron chi connectivity index (χ3n) is 4.70. The van der Waals surface area contributed by atoms with Crippen LogP contribution in [0.3, 0.4) is 0 Å². The fourth-order valence-electron chi connectivity index (χ4n) is 3.43. The van der Waals surface area contributed by atoms with Crippen LogP contribution in [0.25, 0.3) is 6.08 Å². The maximum Gasteiger partial charge on any atom is 0.0694 e. The maximum atomic E-state index is 4.78. The molecule has 2 aliphatic rings.